The van der Waals surface area contributed by atoms with Crippen molar-refractivity contribution >= 4 is 58.8 Å². The molecule has 1 aromatic carbocycles. The van der Waals surface area contributed by atoms with Crippen LogP contribution in [0.4, 0.5) is 17.6 Å². The van der Waals surface area contributed by atoms with E-state index < -0.39 is 17.8 Å². The summed E-state index contributed by atoms with van der Waals surface area (Å²) in [7, 11) is 0. The second-order valence-corrected chi connectivity index (χ2v) is 5.44. The van der Waals surface area contributed by atoms with Crippen LogP contribution in [0.25, 0.3) is 11.0 Å². The smallest absolute Gasteiger partial charge is 0.333 e. The molecule has 0 unspecified atom stereocenters. The number of aromatic amines is 1. The molecule has 92 valence electrons. The third-order valence-corrected chi connectivity index (χ3v) is 4.77. The van der Waals surface area contributed by atoms with Crippen LogP contribution in [0.2, 0.25) is 0 Å². The SMILES string of the molecule is Fc1c(Br)c(Br)c2nc(C(F)(F)F)[nH]c2c1Br. The van der Waals surface area contributed by atoms with Gasteiger partial charge in [0.05, 0.1) is 18.9 Å². The lowest BCUT2D eigenvalue weighted by molar-refractivity contribution is -0.144. The molecule has 0 fully saturated rings. The molecular weight excluding hydrogens is 440 g/mol. The van der Waals surface area contributed by atoms with Crippen LogP contribution in [0.1, 0.15) is 5.82 Å². The van der Waals surface area contributed by atoms with Gasteiger partial charge in [-0.3, -0.25) is 0 Å². The van der Waals surface area contributed by atoms with Gasteiger partial charge in [0.2, 0.25) is 5.82 Å². The maximum absolute atomic E-state index is 13.6. The second kappa shape index (κ2) is 4.20. The molecule has 0 radical (unpaired) electrons. The number of imidazole rings is 1. The first-order chi connectivity index (χ1) is 7.73. The lowest BCUT2D eigenvalue weighted by atomic mass is 10.3. The number of benzene rings is 1. The molecule has 2 nitrogen and oxygen atoms in total. The number of nitrogens with zero attached hydrogens (tertiary/aromatic N) is 1. The van der Waals surface area contributed by atoms with Gasteiger partial charge in [0.25, 0.3) is 0 Å². The molecule has 0 saturated carbocycles. The maximum atomic E-state index is 13.6. The van der Waals surface area contributed by atoms with E-state index in [0.29, 0.717) is 0 Å². The van der Waals surface area contributed by atoms with E-state index >= 15 is 0 Å². The fourth-order valence-electron chi connectivity index (χ4n) is 1.23. The summed E-state index contributed by atoms with van der Waals surface area (Å²) in [5.74, 6) is -1.88. The molecule has 0 bridgehead atoms. The van der Waals surface area contributed by atoms with Gasteiger partial charge in [0, 0.05) is 0 Å². The minimum absolute atomic E-state index is 0.00234. The Balaban J connectivity index is 2.86. The fourth-order valence-corrected chi connectivity index (χ4v) is 2.83. The van der Waals surface area contributed by atoms with Gasteiger partial charge >= 0.3 is 6.18 Å². The highest BCUT2D eigenvalue weighted by atomic mass is 79.9. The van der Waals surface area contributed by atoms with Crippen molar-refractivity contribution in [3.05, 3.63) is 25.1 Å². The number of rotatable bonds is 0. The highest BCUT2D eigenvalue weighted by Crippen LogP contribution is 2.40. The van der Waals surface area contributed by atoms with E-state index in [1.807, 2.05) is 4.98 Å². The molecule has 0 spiro atoms. The zero-order valence-corrected chi connectivity index (χ0v) is 12.4. The van der Waals surface area contributed by atoms with Crippen molar-refractivity contribution in [3.8, 4) is 0 Å². The Morgan fingerprint density at radius 3 is 2.12 bits per heavy atom. The Bertz CT molecular complexity index is 560. The van der Waals surface area contributed by atoms with Crippen molar-refractivity contribution < 1.29 is 17.6 Å². The monoisotopic (exact) mass is 438 g/mol. The quantitative estimate of drug-likeness (QED) is 0.348. The third kappa shape index (κ3) is 2.12. The van der Waals surface area contributed by atoms with Crippen LogP contribution < -0.4 is 0 Å². The highest BCUT2D eigenvalue weighted by Gasteiger charge is 2.36. The predicted octanol–water partition coefficient (Wildman–Crippen LogP) is 5.01. The van der Waals surface area contributed by atoms with Gasteiger partial charge in [-0.15, -0.1) is 0 Å². The van der Waals surface area contributed by atoms with Gasteiger partial charge in [-0.25, -0.2) is 9.37 Å². The molecule has 0 atom stereocenters. The first-order valence-corrected chi connectivity index (χ1v) is 6.40. The molecule has 2 aromatic rings. The zero-order valence-electron chi connectivity index (χ0n) is 7.59. The summed E-state index contributed by atoms with van der Waals surface area (Å²) < 4.78 is 51.0. The molecule has 1 N–H and O–H groups in total. The van der Waals surface area contributed by atoms with Crippen molar-refractivity contribution in [1.82, 2.24) is 9.97 Å². The van der Waals surface area contributed by atoms with Crippen LogP contribution in [0.3, 0.4) is 0 Å². The Morgan fingerprint density at radius 1 is 1.00 bits per heavy atom. The summed E-state index contributed by atoms with van der Waals surface area (Å²) in [6.45, 7) is 0. The van der Waals surface area contributed by atoms with Gasteiger partial charge in [0.15, 0.2) is 5.82 Å². The lowest BCUT2D eigenvalue weighted by Crippen LogP contribution is -2.06. The Labute approximate surface area is 117 Å². The average Bonchev–Trinajstić information content (AvgIpc) is 2.67. The van der Waals surface area contributed by atoms with Crippen LogP contribution >= 0.6 is 47.8 Å². The van der Waals surface area contributed by atoms with Crippen molar-refractivity contribution in [2.24, 2.45) is 0 Å². The molecule has 1 heterocycles. The Kier molecular flexibility index (Phi) is 3.28. The summed E-state index contributed by atoms with van der Waals surface area (Å²) >= 11 is 8.79. The number of nitrogens with one attached hydrogen (secondary N) is 1. The lowest BCUT2D eigenvalue weighted by Gasteiger charge is -2.02. The molecule has 2 rings (SSSR count). The minimum atomic E-state index is -4.61. The summed E-state index contributed by atoms with van der Waals surface area (Å²) in [6, 6.07) is 0. The van der Waals surface area contributed by atoms with Crippen LogP contribution in [-0.4, -0.2) is 9.97 Å². The van der Waals surface area contributed by atoms with Crippen molar-refractivity contribution in [3.63, 3.8) is 0 Å². The average molecular weight is 441 g/mol. The van der Waals surface area contributed by atoms with Gasteiger partial charge in [0.1, 0.15) is 5.52 Å². The molecule has 0 aliphatic rings. The highest BCUT2D eigenvalue weighted by molar-refractivity contribution is 9.13. The van der Waals surface area contributed by atoms with Crippen molar-refractivity contribution in [1.29, 1.82) is 0 Å². The number of aromatic nitrogens is 2. The molecule has 17 heavy (non-hydrogen) atoms. The van der Waals surface area contributed by atoms with Crippen molar-refractivity contribution in [2.75, 3.05) is 0 Å². The number of alkyl halides is 3. The van der Waals surface area contributed by atoms with E-state index in [1.165, 1.54) is 0 Å². The fraction of sp³-hybridized carbons (Fsp3) is 0.125. The zero-order chi connectivity index (χ0) is 13.0. The van der Waals surface area contributed by atoms with Gasteiger partial charge in [-0.2, -0.15) is 13.2 Å². The van der Waals surface area contributed by atoms with Crippen LogP contribution in [0.5, 0.6) is 0 Å². The topological polar surface area (TPSA) is 28.7 Å². The Morgan fingerprint density at radius 2 is 1.59 bits per heavy atom. The largest absolute Gasteiger partial charge is 0.449 e. The summed E-state index contributed by atoms with van der Waals surface area (Å²) in [6.07, 6.45) is -4.61. The third-order valence-electron chi connectivity index (χ3n) is 1.98. The van der Waals surface area contributed by atoms with Crippen LogP contribution in [0.15, 0.2) is 13.4 Å². The normalized spacial score (nSPS) is 12.4. The molecule has 0 amide bonds. The molecule has 1 aromatic heterocycles. The number of fused-ring (bicyclic) bond motifs is 1. The maximum Gasteiger partial charge on any atom is 0.449 e. The number of H-pyrrole nitrogens is 1. The molecule has 0 saturated heterocycles. The summed E-state index contributed by atoms with van der Waals surface area (Å²) in [4.78, 5) is 5.43. The van der Waals surface area contributed by atoms with E-state index in [9.17, 15) is 17.6 Å². The van der Waals surface area contributed by atoms with Gasteiger partial charge in [-0.1, -0.05) is 0 Å². The standard InChI is InChI=1S/C8HBr3F4N2/c9-1-2(10)5-6(3(11)4(1)12)17-7(16-5)8(13,14)15/h(H,16,17). The van der Waals surface area contributed by atoms with Gasteiger partial charge in [-0.05, 0) is 47.8 Å². The first-order valence-electron chi connectivity index (χ1n) is 4.02. The number of hydrogen-bond acceptors (Lipinski definition) is 1. The van der Waals surface area contributed by atoms with E-state index in [4.69, 9.17) is 0 Å². The number of halogens is 7. The molecule has 9 heteroatoms. The summed E-state index contributed by atoms with van der Waals surface area (Å²) in [5, 5.41) is 0. The van der Waals surface area contributed by atoms with E-state index in [-0.39, 0.29) is 24.5 Å². The van der Waals surface area contributed by atoms with E-state index in [0.717, 1.165) is 0 Å². The predicted molar refractivity (Wildman–Crippen MR) is 64.2 cm³/mol. The second-order valence-electron chi connectivity index (χ2n) is 3.06. The Hall–Kier alpha value is -0.150. The molecule has 0 aliphatic carbocycles. The van der Waals surface area contributed by atoms with E-state index in [1.54, 1.807) is 0 Å². The van der Waals surface area contributed by atoms with E-state index in [2.05, 4.69) is 52.8 Å². The van der Waals surface area contributed by atoms with Gasteiger partial charge < -0.3 is 4.98 Å². The van der Waals surface area contributed by atoms with Crippen LogP contribution in [-0.2, 0) is 6.18 Å². The number of hydrogen-bond donors (Lipinski definition) is 1. The molecule has 0 aliphatic heterocycles. The summed E-state index contributed by atoms with van der Waals surface area (Å²) in [5.41, 5.74) is -0.0534. The van der Waals surface area contributed by atoms with Crippen molar-refractivity contribution in [2.45, 2.75) is 6.18 Å². The minimum Gasteiger partial charge on any atom is -0.333 e. The first kappa shape index (κ1) is 13.3. The van der Waals surface area contributed by atoms with Crippen LogP contribution in [0, 0.1) is 5.82 Å². The molecular formula is C8HBr3F4N2.